The maximum atomic E-state index is 6.35. The van der Waals surface area contributed by atoms with Crippen LogP contribution >= 0.6 is 34.4 Å². The van der Waals surface area contributed by atoms with Gasteiger partial charge in [0.2, 0.25) is 0 Å². The van der Waals surface area contributed by atoms with E-state index in [1.165, 1.54) is 36.8 Å². The van der Waals surface area contributed by atoms with E-state index < -0.39 is 26.4 Å². The van der Waals surface area contributed by atoms with E-state index in [1.807, 2.05) is 22.7 Å². The average molecular weight is 559 g/mol. The van der Waals surface area contributed by atoms with Gasteiger partial charge in [-0.3, -0.25) is 0 Å². The summed E-state index contributed by atoms with van der Waals surface area (Å²) in [6, 6.07) is 19.9. The molecule has 5 heterocycles. The predicted molar refractivity (Wildman–Crippen MR) is 162 cm³/mol. The van der Waals surface area contributed by atoms with Crippen molar-refractivity contribution in [1.29, 1.82) is 0 Å². The first-order valence-electron chi connectivity index (χ1n) is 12.5. The first-order chi connectivity index (χ1) is 17.6. The summed E-state index contributed by atoms with van der Waals surface area (Å²) in [5.74, 6) is 0. The van der Waals surface area contributed by atoms with Crippen LogP contribution in [0.25, 0.3) is 41.7 Å². The molecule has 5 aromatic rings. The van der Waals surface area contributed by atoms with Gasteiger partial charge in [-0.1, -0.05) is 55.6 Å². The molecule has 2 aromatic carbocycles. The van der Waals surface area contributed by atoms with Crippen molar-refractivity contribution in [2.45, 2.75) is 52.0 Å². The van der Waals surface area contributed by atoms with Gasteiger partial charge in [-0.05, 0) is 55.8 Å². The Morgan fingerprint density at radius 3 is 2.03 bits per heavy atom. The fourth-order valence-electron chi connectivity index (χ4n) is 5.32. The summed E-state index contributed by atoms with van der Waals surface area (Å²) >= 11 is 5.10. The summed E-state index contributed by atoms with van der Waals surface area (Å²) in [6.45, 7) is 13.3. The second-order valence-electron chi connectivity index (χ2n) is 11.4. The largest absolute Gasteiger partial charge is 0.497 e. The molecule has 0 aliphatic carbocycles. The Morgan fingerprint density at radius 1 is 0.757 bits per heavy atom. The van der Waals surface area contributed by atoms with Gasteiger partial charge >= 0.3 is 7.12 Å². The molecular weight excluding hydrogens is 531 g/mol. The molecular formula is C28H27BN2O2S3Si. The maximum Gasteiger partial charge on any atom is 0.497 e. The Kier molecular flexibility index (Phi) is 5.14. The Bertz CT molecular complexity index is 1670. The average Bonchev–Trinajstić information content (AvgIpc) is 3.65. The number of benzene rings is 2. The monoisotopic (exact) mass is 558 g/mol. The molecule has 2 aliphatic rings. The first-order valence-corrected chi connectivity index (χ1v) is 17.9. The van der Waals surface area contributed by atoms with E-state index in [-0.39, 0.29) is 0 Å². The lowest BCUT2D eigenvalue weighted by atomic mass is 9.77. The summed E-state index contributed by atoms with van der Waals surface area (Å²) in [5.41, 5.74) is 4.44. The fourth-order valence-corrected chi connectivity index (χ4v) is 13.1. The van der Waals surface area contributed by atoms with Crippen molar-refractivity contribution >= 4 is 76.5 Å². The zero-order valence-corrected chi connectivity index (χ0v) is 25.2. The molecule has 0 bridgehead atoms. The molecule has 3 aromatic heterocycles. The van der Waals surface area contributed by atoms with Crippen LogP contribution < -0.4 is 15.8 Å². The summed E-state index contributed by atoms with van der Waals surface area (Å²) in [4.78, 5) is 5.54. The molecule has 9 heteroatoms. The van der Waals surface area contributed by atoms with Crippen molar-refractivity contribution in [1.82, 2.24) is 8.75 Å². The fraction of sp³-hybridized carbons (Fsp3) is 0.286. The Hall–Kier alpha value is -2.14. The molecule has 4 nitrogen and oxygen atoms in total. The van der Waals surface area contributed by atoms with Gasteiger partial charge in [-0.15, -0.1) is 22.7 Å². The van der Waals surface area contributed by atoms with E-state index in [0.29, 0.717) is 0 Å². The van der Waals surface area contributed by atoms with Crippen molar-refractivity contribution in [2.24, 2.45) is 0 Å². The molecule has 1 saturated heterocycles. The quantitative estimate of drug-likeness (QED) is 0.246. The van der Waals surface area contributed by atoms with Gasteiger partial charge in [0.05, 0.1) is 22.9 Å². The van der Waals surface area contributed by atoms with Crippen LogP contribution in [0, 0.1) is 0 Å². The molecule has 0 unspecified atom stereocenters. The minimum absolute atomic E-state index is 0.395. The SMILES string of the molecule is CC1(C)OB(c2ccc(-c3cc4c(s3)-c3sc(-c5ccccc5)cc3[Si]4(C)C)c3nsnc23)OC1(C)C. The number of hydrogen-bond acceptors (Lipinski definition) is 7. The van der Waals surface area contributed by atoms with Gasteiger partial charge in [0, 0.05) is 30.5 Å². The van der Waals surface area contributed by atoms with Gasteiger partial charge in [0.15, 0.2) is 0 Å². The molecule has 0 amide bonds. The number of thiophene rings is 2. The van der Waals surface area contributed by atoms with Gasteiger partial charge in [0.1, 0.15) is 19.1 Å². The molecule has 186 valence electrons. The van der Waals surface area contributed by atoms with Crippen LogP contribution in [0.4, 0.5) is 0 Å². The maximum absolute atomic E-state index is 6.35. The van der Waals surface area contributed by atoms with E-state index in [9.17, 15) is 0 Å². The number of hydrogen-bond donors (Lipinski definition) is 0. The van der Waals surface area contributed by atoms with E-state index in [0.717, 1.165) is 22.1 Å². The zero-order valence-electron chi connectivity index (χ0n) is 21.7. The minimum Gasteiger partial charge on any atom is -0.399 e. The third-order valence-electron chi connectivity index (χ3n) is 8.29. The predicted octanol–water partition coefficient (Wildman–Crippen LogP) is 6.25. The molecule has 0 N–H and O–H groups in total. The van der Waals surface area contributed by atoms with E-state index >= 15 is 0 Å². The van der Waals surface area contributed by atoms with Crippen molar-refractivity contribution < 1.29 is 9.31 Å². The lowest BCUT2D eigenvalue weighted by Crippen LogP contribution is -2.48. The lowest BCUT2D eigenvalue weighted by molar-refractivity contribution is 0.00578. The molecule has 2 aliphatic heterocycles. The smallest absolute Gasteiger partial charge is 0.399 e. The summed E-state index contributed by atoms with van der Waals surface area (Å²) < 4.78 is 22.1. The summed E-state index contributed by atoms with van der Waals surface area (Å²) in [5, 5.41) is 3.11. The van der Waals surface area contributed by atoms with Crippen LogP contribution in [0.2, 0.25) is 13.1 Å². The van der Waals surface area contributed by atoms with Crippen LogP contribution in [0.1, 0.15) is 27.7 Å². The second-order valence-corrected chi connectivity index (χ2v) is 18.4. The molecule has 0 atom stereocenters. The van der Waals surface area contributed by atoms with Crippen molar-refractivity contribution in [3.63, 3.8) is 0 Å². The zero-order chi connectivity index (χ0) is 25.7. The summed E-state index contributed by atoms with van der Waals surface area (Å²) in [7, 11) is -2.22. The molecule has 0 spiro atoms. The highest BCUT2D eigenvalue weighted by Crippen LogP contribution is 2.45. The Balaban J connectivity index is 1.31. The molecule has 0 saturated carbocycles. The van der Waals surface area contributed by atoms with Gasteiger partial charge in [-0.2, -0.15) is 8.75 Å². The van der Waals surface area contributed by atoms with Crippen LogP contribution in [0.15, 0.2) is 54.6 Å². The highest BCUT2D eigenvalue weighted by molar-refractivity contribution is 7.31. The van der Waals surface area contributed by atoms with Crippen molar-refractivity contribution in [3.05, 3.63) is 54.6 Å². The standard InChI is InChI=1S/C28H27BN2O2S3Si/c1-27(2)28(3,4)33-29(32-27)18-13-12-17(23-24(18)31-36-30-23)20-15-22-26(35-20)25-21(37(22,5)6)14-19(34-25)16-10-8-7-9-11-16/h7-15H,1-6H3. The van der Waals surface area contributed by atoms with Gasteiger partial charge in [-0.25, -0.2) is 0 Å². The highest BCUT2D eigenvalue weighted by Gasteiger charge is 2.52. The van der Waals surface area contributed by atoms with E-state index in [1.54, 1.807) is 10.4 Å². The molecule has 37 heavy (non-hydrogen) atoms. The third-order valence-corrected chi connectivity index (χ3v) is 15.2. The Morgan fingerprint density at radius 2 is 1.35 bits per heavy atom. The highest BCUT2D eigenvalue weighted by atomic mass is 32.1. The van der Waals surface area contributed by atoms with Crippen LogP contribution in [-0.4, -0.2) is 35.1 Å². The van der Waals surface area contributed by atoms with Crippen molar-refractivity contribution in [2.75, 3.05) is 0 Å². The normalized spacial score (nSPS) is 18.9. The molecule has 0 radical (unpaired) electrons. The van der Waals surface area contributed by atoms with Crippen LogP contribution in [0.3, 0.4) is 0 Å². The van der Waals surface area contributed by atoms with Gasteiger partial charge < -0.3 is 9.31 Å². The van der Waals surface area contributed by atoms with Crippen molar-refractivity contribution in [3.8, 4) is 30.6 Å². The van der Waals surface area contributed by atoms with E-state index in [4.69, 9.17) is 18.1 Å². The lowest BCUT2D eigenvalue weighted by Gasteiger charge is -2.32. The first kappa shape index (κ1) is 23.9. The number of aromatic nitrogens is 2. The molecule has 1 fully saturated rings. The Labute approximate surface area is 230 Å². The minimum atomic E-state index is -1.77. The molecule has 7 rings (SSSR count). The topological polar surface area (TPSA) is 44.2 Å². The number of rotatable bonds is 3. The summed E-state index contributed by atoms with van der Waals surface area (Å²) in [6.07, 6.45) is 0. The number of fused-ring (bicyclic) bond motifs is 4. The third kappa shape index (κ3) is 3.45. The van der Waals surface area contributed by atoms with E-state index in [2.05, 4.69) is 95.4 Å². The second kappa shape index (κ2) is 7.94. The van der Waals surface area contributed by atoms with Crippen LogP contribution in [-0.2, 0) is 9.31 Å². The number of nitrogens with zero attached hydrogens (tertiary/aromatic N) is 2. The van der Waals surface area contributed by atoms with Crippen LogP contribution in [0.5, 0.6) is 0 Å². The van der Waals surface area contributed by atoms with Gasteiger partial charge in [0.25, 0.3) is 0 Å².